The number of amides is 1. The first kappa shape index (κ1) is 18.5. The minimum Gasteiger partial charge on any atom is -0.447 e. The van der Waals surface area contributed by atoms with Gasteiger partial charge in [-0.25, -0.2) is 4.79 Å². The average molecular weight is 410 g/mol. The van der Waals surface area contributed by atoms with Gasteiger partial charge in [0.15, 0.2) is 5.78 Å². The third-order valence-corrected chi connectivity index (χ3v) is 5.78. The Kier molecular flexibility index (Phi) is 5.28. The first-order valence-corrected chi connectivity index (χ1v) is 9.93. The van der Waals surface area contributed by atoms with Gasteiger partial charge >= 0.3 is 6.09 Å². The van der Waals surface area contributed by atoms with E-state index in [4.69, 9.17) is 16.3 Å². The Morgan fingerprint density at radius 3 is 2.75 bits per heavy atom. The largest absolute Gasteiger partial charge is 0.447 e. The van der Waals surface area contributed by atoms with Gasteiger partial charge < -0.3 is 4.74 Å². The van der Waals surface area contributed by atoms with Crippen molar-refractivity contribution >= 4 is 46.6 Å². The fourth-order valence-electron chi connectivity index (χ4n) is 2.96. The Balaban J connectivity index is 1.51. The number of carbonyl (C=O) groups excluding carboxylic acids is 2. The Hall–Kier alpha value is -2.89. The van der Waals surface area contributed by atoms with E-state index in [9.17, 15) is 9.59 Å². The third-order valence-electron chi connectivity index (χ3n) is 4.37. The minimum atomic E-state index is -0.383. The molecule has 28 heavy (non-hydrogen) atoms. The molecule has 6 heteroatoms. The van der Waals surface area contributed by atoms with E-state index in [1.807, 2.05) is 36.4 Å². The van der Waals surface area contributed by atoms with Crippen LogP contribution in [0, 0.1) is 0 Å². The van der Waals surface area contributed by atoms with Crippen LogP contribution in [0.1, 0.15) is 15.2 Å². The zero-order chi connectivity index (χ0) is 19.5. The van der Waals surface area contributed by atoms with Crippen molar-refractivity contribution in [3.63, 3.8) is 0 Å². The quantitative estimate of drug-likeness (QED) is 0.388. The lowest BCUT2D eigenvalue weighted by Crippen LogP contribution is -2.23. The molecule has 4 rings (SSSR count). The maximum atomic E-state index is 12.6. The molecule has 2 aromatic carbocycles. The number of anilines is 1. The first-order chi connectivity index (χ1) is 13.6. The van der Waals surface area contributed by atoms with Gasteiger partial charge in [-0.05, 0) is 42.5 Å². The van der Waals surface area contributed by atoms with Crippen LogP contribution in [-0.2, 0) is 4.74 Å². The molecular weight excluding hydrogens is 394 g/mol. The molecule has 1 aliphatic heterocycles. The van der Waals surface area contributed by atoms with Crippen molar-refractivity contribution < 1.29 is 14.3 Å². The van der Waals surface area contributed by atoms with Crippen LogP contribution in [0.2, 0.25) is 5.02 Å². The molecule has 2 heterocycles. The summed E-state index contributed by atoms with van der Waals surface area (Å²) < 4.78 is 4.95. The summed E-state index contributed by atoms with van der Waals surface area (Å²) in [6.45, 7) is 0.857. The number of thiophene rings is 1. The molecule has 0 radical (unpaired) electrons. The van der Waals surface area contributed by atoms with Gasteiger partial charge in [0.1, 0.15) is 6.61 Å². The summed E-state index contributed by atoms with van der Waals surface area (Å²) in [7, 11) is 0. The van der Waals surface area contributed by atoms with E-state index in [1.165, 1.54) is 4.90 Å². The predicted octanol–water partition coefficient (Wildman–Crippen LogP) is 5.92. The SMILES string of the molecule is O=C(/C=C/c1ccc(-c2ccccc2Cl)s1)c1cccc(N2CCOC2=O)c1. The lowest BCUT2D eigenvalue weighted by molar-refractivity contribution is 0.104. The Morgan fingerprint density at radius 2 is 1.96 bits per heavy atom. The van der Waals surface area contributed by atoms with Crippen LogP contribution >= 0.6 is 22.9 Å². The Morgan fingerprint density at radius 1 is 1.11 bits per heavy atom. The van der Waals surface area contributed by atoms with Crippen molar-refractivity contribution in [2.24, 2.45) is 0 Å². The monoisotopic (exact) mass is 409 g/mol. The van der Waals surface area contributed by atoms with Crippen molar-refractivity contribution in [2.75, 3.05) is 18.1 Å². The van der Waals surface area contributed by atoms with Crippen LogP contribution in [0.4, 0.5) is 10.5 Å². The number of halogens is 1. The fraction of sp³-hybridized carbons (Fsp3) is 0.0909. The van der Waals surface area contributed by atoms with Gasteiger partial charge in [0.25, 0.3) is 0 Å². The number of cyclic esters (lactones) is 1. The summed E-state index contributed by atoms with van der Waals surface area (Å²) in [5, 5.41) is 0.702. The second-order valence-electron chi connectivity index (χ2n) is 6.20. The number of hydrogen-bond acceptors (Lipinski definition) is 4. The molecule has 0 saturated carbocycles. The average Bonchev–Trinajstić information content (AvgIpc) is 3.35. The van der Waals surface area contributed by atoms with E-state index in [1.54, 1.807) is 47.8 Å². The Bertz CT molecular complexity index is 1070. The van der Waals surface area contributed by atoms with E-state index < -0.39 is 0 Å². The van der Waals surface area contributed by atoms with Gasteiger partial charge in [-0.1, -0.05) is 41.9 Å². The first-order valence-electron chi connectivity index (χ1n) is 8.73. The zero-order valence-corrected chi connectivity index (χ0v) is 16.4. The number of rotatable bonds is 5. The molecule has 1 saturated heterocycles. The highest BCUT2D eigenvalue weighted by molar-refractivity contribution is 7.16. The summed E-state index contributed by atoms with van der Waals surface area (Å²) in [5.41, 5.74) is 2.17. The molecule has 1 aliphatic rings. The molecule has 1 amide bonds. The number of ketones is 1. The highest BCUT2D eigenvalue weighted by atomic mass is 35.5. The summed E-state index contributed by atoms with van der Waals surface area (Å²) >= 11 is 7.82. The van der Waals surface area contributed by atoms with E-state index >= 15 is 0 Å². The smallest absolute Gasteiger partial charge is 0.414 e. The molecule has 0 bridgehead atoms. The van der Waals surface area contributed by atoms with E-state index in [2.05, 4.69) is 0 Å². The van der Waals surface area contributed by atoms with Crippen molar-refractivity contribution in [2.45, 2.75) is 0 Å². The van der Waals surface area contributed by atoms with Crippen LogP contribution in [0.25, 0.3) is 16.5 Å². The van der Waals surface area contributed by atoms with Crippen molar-refractivity contribution in [3.8, 4) is 10.4 Å². The second-order valence-corrected chi connectivity index (χ2v) is 7.72. The number of benzene rings is 2. The number of carbonyl (C=O) groups is 2. The van der Waals surface area contributed by atoms with Crippen LogP contribution in [0.3, 0.4) is 0 Å². The van der Waals surface area contributed by atoms with E-state index in [0.29, 0.717) is 29.4 Å². The normalized spacial score (nSPS) is 13.9. The molecule has 4 nitrogen and oxygen atoms in total. The van der Waals surface area contributed by atoms with Gasteiger partial charge in [-0.15, -0.1) is 11.3 Å². The van der Waals surface area contributed by atoms with Gasteiger partial charge in [0.2, 0.25) is 0 Å². The summed E-state index contributed by atoms with van der Waals surface area (Å²) in [6, 6.07) is 18.6. The molecule has 3 aromatic rings. The van der Waals surface area contributed by atoms with E-state index in [0.717, 1.165) is 15.3 Å². The van der Waals surface area contributed by atoms with Crippen LogP contribution in [0.5, 0.6) is 0 Å². The van der Waals surface area contributed by atoms with Crippen LogP contribution in [-0.4, -0.2) is 25.0 Å². The minimum absolute atomic E-state index is 0.123. The third kappa shape index (κ3) is 3.86. The maximum absolute atomic E-state index is 12.6. The molecule has 140 valence electrons. The summed E-state index contributed by atoms with van der Waals surface area (Å²) in [4.78, 5) is 27.8. The highest BCUT2D eigenvalue weighted by Crippen LogP contribution is 2.33. The van der Waals surface area contributed by atoms with Gasteiger partial charge in [0, 0.05) is 31.6 Å². The van der Waals surface area contributed by atoms with Crippen LogP contribution in [0.15, 0.2) is 66.7 Å². The standard InChI is InChI=1S/C22H16ClNO3S/c23-19-7-2-1-6-18(19)21-11-9-17(28-21)8-10-20(25)15-4-3-5-16(14-15)24-12-13-27-22(24)26/h1-11,14H,12-13H2/b10-8+. The van der Waals surface area contributed by atoms with Crippen molar-refractivity contribution in [1.82, 2.24) is 0 Å². The lowest BCUT2D eigenvalue weighted by atomic mass is 10.1. The second kappa shape index (κ2) is 8.00. The van der Waals surface area contributed by atoms with Crippen LogP contribution < -0.4 is 4.90 Å². The predicted molar refractivity (Wildman–Crippen MR) is 113 cm³/mol. The molecule has 1 aromatic heterocycles. The topological polar surface area (TPSA) is 46.6 Å². The van der Waals surface area contributed by atoms with Crippen molar-refractivity contribution in [1.29, 1.82) is 0 Å². The molecule has 0 spiro atoms. The molecule has 0 unspecified atom stereocenters. The highest BCUT2D eigenvalue weighted by Gasteiger charge is 2.23. The van der Waals surface area contributed by atoms with Gasteiger partial charge in [0.05, 0.1) is 6.54 Å². The number of allylic oxidation sites excluding steroid dienone is 1. The molecule has 0 atom stereocenters. The van der Waals surface area contributed by atoms with Gasteiger partial charge in [-0.3, -0.25) is 9.69 Å². The summed E-state index contributed by atoms with van der Waals surface area (Å²) in [5.74, 6) is -0.123. The fourth-order valence-corrected chi connectivity index (χ4v) is 4.20. The summed E-state index contributed by atoms with van der Waals surface area (Å²) in [6.07, 6.45) is 2.96. The van der Waals surface area contributed by atoms with Gasteiger partial charge in [-0.2, -0.15) is 0 Å². The maximum Gasteiger partial charge on any atom is 0.414 e. The van der Waals surface area contributed by atoms with Crippen molar-refractivity contribution in [3.05, 3.63) is 82.2 Å². The number of hydrogen-bond donors (Lipinski definition) is 0. The molecule has 0 N–H and O–H groups in total. The number of nitrogens with zero attached hydrogens (tertiary/aromatic N) is 1. The Labute approximate surface area is 171 Å². The molecule has 1 fully saturated rings. The molecule has 0 aliphatic carbocycles. The number of ether oxygens (including phenoxy) is 1. The molecular formula is C22H16ClNO3S. The lowest BCUT2D eigenvalue weighted by Gasteiger charge is -2.13. The zero-order valence-electron chi connectivity index (χ0n) is 14.8. The van der Waals surface area contributed by atoms with E-state index in [-0.39, 0.29) is 11.9 Å².